The van der Waals surface area contributed by atoms with Gasteiger partial charge in [0.05, 0.1) is 5.88 Å². The van der Waals surface area contributed by atoms with Gasteiger partial charge in [-0.15, -0.1) is 11.6 Å². The maximum atomic E-state index is 8.80. The first-order valence-electron chi connectivity index (χ1n) is 4.93. The summed E-state index contributed by atoms with van der Waals surface area (Å²) in [6, 6.07) is 7.90. The number of hydrogen-bond donors (Lipinski definition) is 0. The van der Waals surface area contributed by atoms with Gasteiger partial charge in [-0.3, -0.25) is 0 Å². The Hall–Kier alpha value is -1.20. The van der Waals surface area contributed by atoms with Crippen molar-refractivity contribution in [2.24, 2.45) is 0 Å². The maximum absolute atomic E-state index is 8.80. The first-order chi connectivity index (χ1) is 7.21. The first kappa shape index (κ1) is 11.9. The fourth-order valence-corrected chi connectivity index (χ4v) is 1.49. The molecular formula is C12H14ClNO. The minimum Gasteiger partial charge on any atom is -0.475 e. The molecule has 1 rings (SSSR count). The molecule has 1 aromatic carbocycles. The Morgan fingerprint density at radius 2 is 2.27 bits per heavy atom. The standard InChI is InChI=1S/C12H14ClNO/c1-3-11(8-14)15-12-5-4-9(2)6-10(12)7-13/h4-6,11H,3,7H2,1-2H3. The molecule has 1 atom stereocenters. The number of alkyl halides is 1. The van der Waals surface area contributed by atoms with E-state index in [0.29, 0.717) is 18.1 Å². The molecular weight excluding hydrogens is 210 g/mol. The average molecular weight is 224 g/mol. The van der Waals surface area contributed by atoms with Crippen LogP contribution in [0.15, 0.2) is 18.2 Å². The molecule has 0 N–H and O–H groups in total. The second kappa shape index (κ2) is 5.63. The van der Waals surface area contributed by atoms with Crippen molar-refractivity contribution in [3.8, 4) is 11.8 Å². The molecule has 0 heterocycles. The zero-order chi connectivity index (χ0) is 11.3. The number of aryl methyl sites for hydroxylation is 1. The number of hydrogen-bond acceptors (Lipinski definition) is 2. The van der Waals surface area contributed by atoms with Gasteiger partial charge in [-0.1, -0.05) is 24.6 Å². The molecule has 0 saturated carbocycles. The van der Waals surface area contributed by atoms with E-state index in [1.165, 1.54) is 0 Å². The largest absolute Gasteiger partial charge is 0.475 e. The summed E-state index contributed by atoms with van der Waals surface area (Å²) in [6.07, 6.45) is 0.279. The number of halogens is 1. The minimum atomic E-state index is -0.394. The lowest BCUT2D eigenvalue weighted by Crippen LogP contribution is -2.13. The molecule has 2 nitrogen and oxygen atoms in total. The highest BCUT2D eigenvalue weighted by molar-refractivity contribution is 6.17. The summed E-state index contributed by atoms with van der Waals surface area (Å²) >= 11 is 5.81. The number of rotatable bonds is 4. The number of benzene rings is 1. The fraction of sp³-hybridized carbons (Fsp3) is 0.417. The number of nitriles is 1. The van der Waals surface area contributed by atoms with Gasteiger partial charge in [-0.2, -0.15) is 5.26 Å². The Labute approximate surface area is 95.4 Å². The van der Waals surface area contributed by atoms with E-state index in [1.807, 2.05) is 32.0 Å². The van der Waals surface area contributed by atoms with E-state index in [2.05, 4.69) is 6.07 Å². The van der Waals surface area contributed by atoms with Crippen LogP contribution in [0, 0.1) is 18.3 Å². The van der Waals surface area contributed by atoms with E-state index in [4.69, 9.17) is 21.6 Å². The fourth-order valence-electron chi connectivity index (χ4n) is 1.28. The van der Waals surface area contributed by atoms with E-state index in [9.17, 15) is 0 Å². The van der Waals surface area contributed by atoms with Crippen LogP contribution in [0.1, 0.15) is 24.5 Å². The topological polar surface area (TPSA) is 33.0 Å². The van der Waals surface area contributed by atoms with Gasteiger partial charge in [-0.25, -0.2) is 0 Å². The molecule has 0 aliphatic carbocycles. The molecule has 0 radical (unpaired) electrons. The molecule has 0 bridgehead atoms. The second-order valence-electron chi connectivity index (χ2n) is 3.39. The molecule has 80 valence electrons. The van der Waals surface area contributed by atoms with Crippen molar-refractivity contribution in [2.45, 2.75) is 32.3 Å². The molecule has 1 aromatic rings. The Bertz CT molecular complexity index is 370. The van der Waals surface area contributed by atoms with Crippen LogP contribution in [0.3, 0.4) is 0 Å². The molecule has 0 saturated heterocycles. The average Bonchev–Trinajstić information content (AvgIpc) is 2.27. The first-order valence-corrected chi connectivity index (χ1v) is 5.46. The molecule has 0 fully saturated rings. The molecule has 1 unspecified atom stereocenters. The van der Waals surface area contributed by atoms with Gasteiger partial charge in [0.15, 0.2) is 6.10 Å². The van der Waals surface area contributed by atoms with Crippen LogP contribution in [0.5, 0.6) is 5.75 Å². The highest BCUT2D eigenvalue weighted by atomic mass is 35.5. The smallest absolute Gasteiger partial charge is 0.184 e. The number of nitrogens with zero attached hydrogens (tertiary/aromatic N) is 1. The Morgan fingerprint density at radius 1 is 1.53 bits per heavy atom. The lowest BCUT2D eigenvalue weighted by molar-refractivity contribution is 0.250. The number of ether oxygens (including phenoxy) is 1. The summed E-state index contributed by atoms with van der Waals surface area (Å²) in [4.78, 5) is 0. The van der Waals surface area contributed by atoms with Crippen LogP contribution in [0.2, 0.25) is 0 Å². The molecule has 0 amide bonds. The van der Waals surface area contributed by atoms with Crippen LogP contribution in [0.4, 0.5) is 0 Å². The van der Waals surface area contributed by atoms with Gasteiger partial charge in [0, 0.05) is 5.56 Å². The third kappa shape index (κ3) is 3.14. The van der Waals surface area contributed by atoms with Gasteiger partial charge in [0.25, 0.3) is 0 Å². The Kier molecular flexibility index (Phi) is 4.45. The molecule has 0 spiro atoms. The monoisotopic (exact) mass is 223 g/mol. The van der Waals surface area contributed by atoms with E-state index in [1.54, 1.807) is 0 Å². The summed E-state index contributed by atoms with van der Waals surface area (Å²) in [5, 5.41) is 8.80. The van der Waals surface area contributed by atoms with Gasteiger partial charge in [0.2, 0.25) is 0 Å². The molecule has 3 heteroatoms. The lowest BCUT2D eigenvalue weighted by Gasteiger charge is -2.13. The summed E-state index contributed by atoms with van der Waals surface area (Å²) < 4.78 is 5.54. The zero-order valence-electron chi connectivity index (χ0n) is 8.96. The van der Waals surface area contributed by atoms with Crippen molar-refractivity contribution >= 4 is 11.6 Å². The van der Waals surface area contributed by atoms with Crippen LogP contribution >= 0.6 is 11.6 Å². The quantitative estimate of drug-likeness (QED) is 0.733. The van der Waals surface area contributed by atoms with Gasteiger partial charge in [-0.05, 0) is 19.4 Å². The lowest BCUT2D eigenvalue weighted by atomic mass is 10.1. The van der Waals surface area contributed by atoms with E-state index >= 15 is 0 Å². The minimum absolute atomic E-state index is 0.394. The van der Waals surface area contributed by atoms with Crippen LogP contribution in [-0.2, 0) is 5.88 Å². The summed E-state index contributed by atoms with van der Waals surface area (Å²) in [6.45, 7) is 3.92. The summed E-state index contributed by atoms with van der Waals surface area (Å²) in [7, 11) is 0. The van der Waals surface area contributed by atoms with Crippen molar-refractivity contribution in [2.75, 3.05) is 0 Å². The SMILES string of the molecule is CCC(C#N)Oc1ccc(C)cc1CCl. The van der Waals surface area contributed by atoms with Gasteiger partial charge in [0.1, 0.15) is 11.8 Å². The van der Waals surface area contributed by atoms with Crippen molar-refractivity contribution in [1.82, 2.24) is 0 Å². The van der Waals surface area contributed by atoms with E-state index < -0.39 is 6.10 Å². The molecule has 15 heavy (non-hydrogen) atoms. The van der Waals surface area contributed by atoms with E-state index in [-0.39, 0.29) is 0 Å². The maximum Gasteiger partial charge on any atom is 0.184 e. The third-order valence-electron chi connectivity index (χ3n) is 2.14. The highest BCUT2D eigenvalue weighted by Gasteiger charge is 2.09. The predicted molar refractivity (Wildman–Crippen MR) is 61.1 cm³/mol. The van der Waals surface area contributed by atoms with Gasteiger partial charge < -0.3 is 4.74 Å². The molecule has 0 aliphatic rings. The van der Waals surface area contributed by atoms with Crippen LogP contribution in [0.25, 0.3) is 0 Å². The molecule has 0 aromatic heterocycles. The van der Waals surface area contributed by atoms with E-state index in [0.717, 1.165) is 11.1 Å². The summed E-state index contributed by atoms with van der Waals surface area (Å²) in [5.74, 6) is 1.11. The zero-order valence-corrected chi connectivity index (χ0v) is 9.71. The normalized spacial score (nSPS) is 11.9. The van der Waals surface area contributed by atoms with Gasteiger partial charge >= 0.3 is 0 Å². The highest BCUT2D eigenvalue weighted by Crippen LogP contribution is 2.23. The third-order valence-corrected chi connectivity index (χ3v) is 2.43. The second-order valence-corrected chi connectivity index (χ2v) is 3.66. The Balaban J connectivity index is 2.89. The van der Waals surface area contributed by atoms with Crippen molar-refractivity contribution < 1.29 is 4.74 Å². The summed E-state index contributed by atoms with van der Waals surface area (Å²) in [5.41, 5.74) is 2.08. The van der Waals surface area contributed by atoms with Crippen molar-refractivity contribution in [3.63, 3.8) is 0 Å². The predicted octanol–water partition coefficient (Wildman–Crippen LogP) is 3.41. The van der Waals surface area contributed by atoms with Crippen molar-refractivity contribution in [3.05, 3.63) is 29.3 Å². The van der Waals surface area contributed by atoms with Crippen LogP contribution < -0.4 is 4.74 Å². The molecule has 0 aliphatic heterocycles. The van der Waals surface area contributed by atoms with Crippen LogP contribution in [-0.4, -0.2) is 6.10 Å². The van der Waals surface area contributed by atoms with Crippen molar-refractivity contribution in [1.29, 1.82) is 5.26 Å². The Morgan fingerprint density at radius 3 is 2.80 bits per heavy atom.